The van der Waals surface area contributed by atoms with Crippen LogP contribution in [-0.4, -0.2) is 41.0 Å². The lowest BCUT2D eigenvalue weighted by atomic mass is 9.94. The number of anilines is 1. The van der Waals surface area contributed by atoms with Crippen molar-refractivity contribution in [3.63, 3.8) is 0 Å². The molecule has 26 heavy (non-hydrogen) atoms. The molecule has 0 bridgehead atoms. The van der Waals surface area contributed by atoms with Crippen LogP contribution in [0.1, 0.15) is 62.2 Å². The SMILES string of the molecule is CC1CC1C(=O)Nc1ccc(C(=O)N(C)CC2(O)CCCCCC2)cc1. The third-order valence-electron chi connectivity index (χ3n) is 5.76. The standard InChI is InChI=1S/C21H30N2O3/c1-15-13-18(15)19(24)22-17-9-7-16(8-10-17)20(25)23(2)14-21(26)11-5-3-4-6-12-21/h7-10,15,18,26H,3-6,11-14H2,1-2H3,(H,22,24). The summed E-state index contributed by atoms with van der Waals surface area (Å²) in [6.45, 7) is 2.44. The molecular weight excluding hydrogens is 328 g/mol. The van der Waals surface area contributed by atoms with Crippen molar-refractivity contribution in [2.75, 3.05) is 18.9 Å². The molecule has 2 fully saturated rings. The molecule has 142 valence electrons. The first-order valence-electron chi connectivity index (χ1n) is 9.77. The molecule has 0 aromatic heterocycles. The Balaban J connectivity index is 1.57. The number of nitrogens with one attached hydrogen (secondary N) is 1. The maximum absolute atomic E-state index is 12.7. The van der Waals surface area contributed by atoms with E-state index in [1.807, 2.05) is 0 Å². The Labute approximate surface area is 155 Å². The zero-order chi connectivity index (χ0) is 18.7. The number of aliphatic hydroxyl groups is 1. The second-order valence-electron chi connectivity index (χ2n) is 8.19. The Kier molecular flexibility index (Phi) is 5.66. The molecule has 2 aliphatic carbocycles. The Bertz CT molecular complexity index is 648. The topological polar surface area (TPSA) is 69.6 Å². The van der Waals surface area contributed by atoms with Crippen LogP contribution in [-0.2, 0) is 4.79 Å². The normalized spacial score (nSPS) is 24.4. The summed E-state index contributed by atoms with van der Waals surface area (Å²) in [7, 11) is 1.75. The van der Waals surface area contributed by atoms with Crippen LogP contribution in [0.3, 0.4) is 0 Å². The minimum absolute atomic E-state index is 0.0595. The average molecular weight is 358 g/mol. The molecule has 2 N–H and O–H groups in total. The van der Waals surface area contributed by atoms with Gasteiger partial charge in [-0.2, -0.15) is 0 Å². The van der Waals surface area contributed by atoms with E-state index in [0.717, 1.165) is 50.6 Å². The first-order valence-corrected chi connectivity index (χ1v) is 9.77. The van der Waals surface area contributed by atoms with Gasteiger partial charge in [-0.25, -0.2) is 0 Å². The predicted molar refractivity (Wildman–Crippen MR) is 102 cm³/mol. The maximum atomic E-state index is 12.7. The zero-order valence-electron chi connectivity index (χ0n) is 15.8. The minimum Gasteiger partial charge on any atom is -0.388 e. The zero-order valence-corrected chi connectivity index (χ0v) is 15.8. The second kappa shape index (κ2) is 7.78. The van der Waals surface area contributed by atoms with E-state index in [9.17, 15) is 14.7 Å². The average Bonchev–Trinajstić information content (AvgIpc) is 3.38. The highest BCUT2D eigenvalue weighted by molar-refractivity contribution is 5.96. The van der Waals surface area contributed by atoms with Gasteiger partial charge in [0.1, 0.15) is 0 Å². The van der Waals surface area contributed by atoms with Crippen LogP contribution in [0.25, 0.3) is 0 Å². The summed E-state index contributed by atoms with van der Waals surface area (Å²) in [5.41, 5.74) is 0.522. The smallest absolute Gasteiger partial charge is 0.253 e. The highest BCUT2D eigenvalue weighted by Gasteiger charge is 2.39. The van der Waals surface area contributed by atoms with Gasteiger partial charge in [0.05, 0.1) is 5.60 Å². The molecule has 2 atom stereocenters. The van der Waals surface area contributed by atoms with Crippen molar-refractivity contribution in [2.24, 2.45) is 11.8 Å². The summed E-state index contributed by atoms with van der Waals surface area (Å²) in [6, 6.07) is 7.02. The lowest BCUT2D eigenvalue weighted by Crippen LogP contribution is -2.43. The summed E-state index contributed by atoms with van der Waals surface area (Å²) in [4.78, 5) is 26.3. The van der Waals surface area contributed by atoms with Crippen LogP contribution in [0.4, 0.5) is 5.69 Å². The quantitative estimate of drug-likeness (QED) is 0.792. The number of carbonyl (C=O) groups is 2. The number of hydrogen-bond acceptors (Lipinski definition) is 3. The number of benzene rings is 1. The molecule has 0 spiro atoms. The van der Waals surface area contributed by atoms with Gasteiger partial charge in [-0.15, -0.1) is 0 Å². The first kappa shape index (κ1) is 18.9. The van der Waals surface area contributed by atoms with Crippen LogP contribution in [0, 0.1) is 11.8 Å². The van der Waals surface area contributed by atoms with E-state index in [0.29, 0.717) is 18.0 Å². The second-order valence-corrected chi connectivity index (χ2v) is 8.19. The van der Waals surface area contributed by atoms with Crippen molar-refractivity contribution in [3.05, 3.63) is 29.8 Å². The van der Waals surface area contributed by atoms with Gasteiger partial charge in [-0.1, -0.05) is 32.6 Å². The predicted octanol–water partition coefficient (Wildman–Crippen LogP) is 3.44. The number of carbonyl (C=O) groups excluding carboxylic acids is 2. The molecule has 2 aliphatic rings. The Hall–Kier alpha value is -1.88. The maximum Gasteiger partial charge on any atom is 0.253 e. The minimum atomic E-state index is -0.768. The molecular formula is C21H30N2O3. The summed E-state index contributed by atoms with van der Waals surface area (Å²) < 4.78 is 0. The third-order valence-corrected chi connectivity index (χ3v) is 5.76. The highest BCUT2D eigenvalue weighted by atomic mass is 16.3. The van der Waals surface area contributed by atoms with Crippen molar-refractivity contribution in [1.29, 1.82) is 0 Å². The van der Waals surface area contributed by atoms with E-state index in [-0.39, 0.29) is 17.7 Å². The van der Waals surface area contributed by atoms with Gasteiger partial charge in [-0.3, -0.25) is 9.59 Å². The summed E-state index contributed by atoms with van der Waals surface area (Å²) >= 11 is 0. The Morgan fingerprint density at radius 1 is 1.15 bits per heavy atom. The van der Waals surface area contributed by atoms with Crippen molar-refractivity contribution >= 4 is 17.5 Å². The largest absolute Gasteiger partial charge is 0.388 e. The Morgan fingerprint density at radius 3 is 2.27 bits per heavy atom. The number of rotatable bonds is 5. The van der Waals surface area contributed by atoms with Gasteiger partial charge >= 0.3 is 0 Å². The lowest BCUT2D eigenvalue weighted by molar-refractivity contribution is -0.117. The van der Waals surface area contributed by atoms with Crippen molar-refractivity contribution in [3.8, 4) is 0 Å². The van der Waals surface area contributed by atoms with E-state index >= 15 is 0 Å². The van der Waals surface area contributed by atoms with E-state index in [2.05, 4.69) is 12.2 Å². The fraction of sp³-hybridized carbons (Fsp3) is 0.619. The molecule has 1 aromatic carbocycles. The molecule has 2 unspecified atom stereocenters. The molecule has 5 nitrogen and oxygen atoms in total. The third kappa shape index (κ3) is 4.64. The highest BCUT2D eigenvalue weighted by Crippen LogP contribution is 2.38. The number of hydrogen-bond donors (Lipinski definition) is 2. The molecule has 0 radical (unpaired) electrons. The van der Waals surface area contributed by atoms with E-state index in [1.54, 1.807) is 36.2 Å². The van der Waals surface area contributed by atoms with Gasteiger partial charge in [0.25, 0.3) is 5.91 Å². The molecule has 2 amide bonds. The first-order chi connectivity index (χ1) is 12.4. The number of amides is 2. The summed E-state index contributed by atoms with van der Waals surface area (Å²) in [5.74, 6) is 0.558. The van der Waals surface area contributed by atoms with E-state index < -0.39 is 5.60 Å². The molecule has 5 heteroatoms. The van der Waals surface area contributed by atoms with Gasteiger partial charge < -0.3 is 15.3 Å². The molecule has 0 aliphatic heterocycles. The molecule has 3 rings (SSSR count). The van der Waals surface area contributed by atoms with Crippen molar-refractivity contribution < 1.29 is 14.7 Å². The summed E-state index contributed by atoms with van der Waals surface area (Å²) in [5, 5.41) is 13.7. The molecule has 2 saturated carbocycles. The van der Waals surface area contributed by atoms with Crippen LogP contribution < -0.4 is 5.32 Å². The number of likely N-dealkylation sites (N-methyl/N-ethyl adjacent to an activating group) is 1. The van der Waals surface area contributed by atoms with Crippen LogP contribution in [0.5, 0.6) is 0 Å². The van der Waals surface area contributed by atoms with Crippen molar-refractivity contribution in [1.82, 2.24) is 4.90 Å². The molecule has 1 aromatic rings. The van der Waals surface area contributed by atoms with E-state index in [1.165, 1.54) is 0 Å². The Morgan fingerprint density at radius 2 is 1.73 bits per heavy atom. The van der Waals surface area contributed by atoms with Gasteiger partial charge in [-0.05, 0) is 49.4 Å². The monoisotopic (exact) mass is 358 g/mol. The van der Waals surface area contributed by atoms with Crippen molar-refractivity contribution in [2.45, 2.75) is 57.5 Å². The fourth-order valence-corrected chi connectivity index (χ4v) is 3.90. The van der Waals surface area contributed by atoms with Gasteiger partial charge in [0.15, 0.2) is 0 Å². The lowest BCUT2D eigenvalue weighted by Gasteiger charge is -2.31. The van der Waals surface area contributed by atoms with Gasteiger partial charge in [0, 0.05) is 30.8 Å². The summed E-state index contributed by atoms with van der Waals surface area (Å²) in [6.07, 6.45) is 6.83. The van der Waals surface area contributed by atoms with Gasteiger partial charge in [0.2, 0.25) is 5.91 Å². The fourth-order valence-electron chi connectivity index (χ4n) is 3.90. The van der Waals surface area contributed by atoms with E-state index in [4.69, 9.17) is 0 Å². The van der Waals surface area contributed by atoms with Crippen LogP contribution >= 0.6 is 0 Å². The van der Waals surface area contributed by atoms with Crippen LogP contribution in [0.2, 0.25) is 0 Å². The molecule has 0 saturated heterocycles. The molecule has 0 heterocycles. The van der Waals surface area contributed by atoms with Crippen LogP contribution in [0.15, 0.2) is 24.3 Å². The number of nitrogens with zero attached hydrogens (tertiary/aromatic N) is 1.